The lowest BCUT2D eigenvalue weighted by atomic mass is 10.1. The van der Waals surface area contributed by atoms with Crippen molar-refractivity contribution in [1.29, 1.82) is 0 Å². The highest BCUT2D eigenvalue weighted by Crippen LogP contribution is 2.35. The van der Waals surface area contributed by atoms with Gasteiger partial charge in [0, 0.05) is 23.0 Å². The maximum atomic E-state index is 5.40. The zero-order valence-electron chi connectivity index (χ0n) is 15.4. The van der Waals surface area contributed by atoms with Gasteiger partial charge in [0.1, 0.15) is 0 Å². The summed E-state index contributed by atoms with van der Waals surface area (Å²) in [6.07, 6.45) is 2.66. The maximum absolute atomic E-state index is 5.40. The van der Waals surface area contributed by atoms with Crippen LogP contribution in [0.25, 0.3) is 22.5 Å². The van der Waals surface area contributed by atoms with Crippen LogP contribution in [0.5, 0.6) is 0 Å². The number of pyridine rings is 2. The molecule has 0 aliphatic carbocycles. The predicted octanol–water partition coefficient (Wildman–Crippen LogP) is 5.02. The summed E-state index contributed by atoms with van der Waals surface area (Å²) < 4.78 is 5.40. The second-order valence-corrected chi connectivity index (χ2v) is 6.15. The van der Waals surface area contributed by atoms with Gasteiger partial charge in [-0.1, -0.05) is 30.3 Å². The summed E-state index contributed by atoms with van der Waals surface area (Å²) in [5.41, 5.74) is 5.50. The molecular weight excluding hydrogens is 362 g/mol. The number of rotatable bonds is 4. The van der Waals surface area contributed by atoms with E-state index in [9.17, 15) is 0 Å². The molecule has 0 atom stereocenters. The highest BCUT2D eigenvalue weighted by molar-refractivity contribution is 5.98. The number of fused-ring (bicyclic) bond motifs is 1. The zero-order valence-corrected chi connectivity index (χ0v) is 16.2. The molecule has 0 radical (unpaired) electrons. The fraction of sp³-hybridized carbons (Fsp3) is 0.200. The fourth-order valence-electron chi connectivity index (χ4n) is 2.96. The maximum Gasteiger partial charge on any atom is 0.261 e. The van der Waals surface area contributed by atoms with E-state index in [1.54, 1.807) is 13.1 Å². The Hall–Kier alpha value is -2.99. The highest BCUT2D eigenvalue weighted by Gasteiger charge is 2.17. The van der Waals surface area contributed by atoms with Crippen LogP contribution in [0, 0.1) is 13.8 Å². The number of anilines is 2. The van der Waals surface area contributed by atoms with Crippen molar-refractivity contribution in [2.24, 2.45) is 0 Å². The van der Waals surface area contributed by atoms with Crippen molar-refractivity contribution < 1.29 is 4.52 Å². The molecule has 6 nitrogen and oxygen atoms in total. The number of nitrogens with one attached hydrogen (secondary N) is 1. The third kappa shape index (κ3) is 3.61. The second-order valence-electron chi connectivity index (χ2n) is 6.15. The Morgan fingerprint density at radius 3 is 2.59 bits per heavy atom. The van der Waals surface area contributed by atoms with Gasteiger partial charge in [0.05, 0.1) is 11.3 Å². The molecular formula is C20H20ClN5O. The van der Waals surface area contributed by atoms with Gasteiger partial charge in [0.2, 0.25) is 0 Å². The fourth-order valence-corrected chi connectivity index (χ4v) is 2.96. The Morgan fingerprint density at radius 2 is 1.85 bits per heavy atom. The van der Waals surface area contributed by atoms with Crippen LogP contribution < -0.4 is 5.32 Å². The first kappa shape index (κ1) is 18.8. The van der Waals surface area contributed by atoms with Gasteiger partial charge in [-0.2, -0.15) is 4.98 Å². The number of nitrogens with zero attached hydrogens (tertiary/aromatic N) is 4. The SMILES string of the molecule is CCc1ccccc1Nc1c(-c2nc(C)no2)cnc2nc(C)ccc12.Cl. The number of para-hydroxylation sites is 1. The lowest BCUT2D eigenvalue weighted by molar-refractivity contribution is 0.425. The summed E-state index contributed by atoms with van der Waals surface area (Å²) in [5, 5.41) is 8.38. The molecule has 27 heavy (non-hydrogen) atoms. The van der Waals surface area contributed by atoms with Crippen LogP contribution in [-0.2, 0) is 6.42 Å². The first-order valence-electron chi connectivity index (χ1n) is 8.57. The monoisotopic (exact) mass is 381 g/mol. The molecule has 3 heterocycles. The quantitative estimate of drug-likeness (QED) is 0.534. The molecule has 0 fully saturated rings. The number of aromatic nitrogens is 4. The Morgan fingerprint density at radius 1 is 1.04 bits per heavy atom. The number of hydrogen-bond acceptors (Lipinski definition) is 6. The molecule has 0 bridgehead atoms. The van der Waals surface area contributed by atoms with E-state index in [2.05, 4.69) is 44.5 Å². The average Bonchev–Trinajstić information content (AvgIpc) is 3.08. The molecule has 0 aliphatic heterocycles. The van der Waals surface area contributed by atoms with E-state index < -0.39 is 0 Å². The van der Waals surface area contributed by atoms with Crippen LogP contribution >= 0.6 is 12.4 Å². The van der Waals surface area contributed by atoms with Crippen LogP contribution in [0.2, 0.25) is 0 Å². The third-order valence-corrected chi connectivity index (χ3v) is 4.28. The van der Waals surface area contributed by atoms with Crippen molar-refractivity contribution >= 4 is 34.8 Å². The minimum atomic E-state index is 0. The van der Waals surface area contributed by atoms with E-state index in [1.165, 1.54) is 5.56 Å². The van der Waals surface area contributed by atoms with Crippen LogP contribution in [0.4, 0.5) is 11.4 Å². The molecule has 7 heteroatoms. The summed E-state index contributed by atoms with van der Waals surface area (Å²) in [6.45, 7) is 5.89. The lowest BCUT2D eigenvalue weighted by Crippen LogP contribution is -2.00. The highest BCUT2D eigenvalue weighted by atomic mass is 35.5. The van der Waals surface area contributed by atoms with Crippen molar-refractivity contribution in [3.63, 3.8) is 0 Å². The van der Waals surface area contributed by atoms with Gasteiger partial charge in [-0.15, -0.1) is 12.4 Å². The zero-order chi connectivity index (χ0) is 18.1. The summed E-state index contributed by atoms with van der Waals surface area (Å²) in [4.78, 5) is 13.4. The summed E-state index contributed by atoms with van der Waals surface area (Å²) in [5.74, 6) is 1.02. The van der Waals surface area contributed by atoms with E-state index in [0.29, 0.717) is 17.4 Å². The topological polar surface area (TPSA) is 76.7 Å². The average molecular weight is 382 g/mol. The molecule has 4 rings (SSSR count). The Labute approximate surface area is 163 Å². The Balaban J connectivity index is 0.00000210. The van der Waals surface area contributed by atoms with Crippen LogP contribution in [0.15, 0.2) is 47.1 Å². The lowest BCUT2D eigenvalue weighted by Gasteiger charge is -2.15. The standard InChI is InChI=1S/C20H19N5O.ClH/c1-4-14-7-5-6-8-17(14)24-18-15-10-9-12(2)22-19(15)21-11-16(18)20-23-13(3)25-26-20;/h5-11H,4H2,1-3H3,(H,21,22,24);1H. The van der Waals surface area contributed by atoms with Gasteiger partial charge in [-0.25, -0.2) is 9.97 Å². The number of aryl methyl sites for hydroxylation is 3. The molecule has 4 aromatic rings. The van der Waals surface area contributed by atoms with E-state index in [-0.39, 0.29) is 12.4 Å². The van der Waals surface area contributed by atoms with E-state index >= 15 is 0 Å². The smallest absolute Gasteiger partial charge is 0.261 e. The second kappa shape index (κ2) is 7.72. The van der Waals surface area contributed by atoms with Crippen LogP contribution in [-0.4, -0.2) is 20.1 Å². The summed E-state index contributed by atoms with van der Waals surface area (Å²) in [6, 6.07) is 12.2. The third-order valence-electron chi connectivity index (χ3n) is 4.28. The summed E-state index contributed by atoms with van der Waals surface area (Å²) >= 11 is 0. The Bertz CT molecular complexity index is 1090. The van der Waals surface area contributed by atoms with Gasteiger partial charge in [-0.05, 0) is 44.0 Å². The molecule has 0 amide bonds. The van der Waals surface area contributed by atoms with Crippen molar-refractivity contribution in [2.75, 3.05) is 5.32 Å². The largest absolute Gasteiger partial charge is 0.354 e. The molecule has 0 spiro atoms. The van der Waals surface area contributed by atoms with Crippen molar-refractivity contribution in [3.8, 4) is 11.5 Å². The Kier molecular flexibility index (Phi) is 5.37. The minimum absolute atomic E-state index is 0. The van der Waals surface area contributed by atoms with Crippen LogP contribution in [0.1, 0.15) is 24.0 Å². The molecule has 1 N–H and O–H groups in total. The molecule has 0 saturated carbocycles. The molecule has 138 valence electrons. The molecule has 3 aromatic heterocycles. The van der Waals surface area contributed by atoms with Gasteiger partial charge in [0.15, 0.2) is 11.5 Å². The number of benzene rings is 1. The first-order chi connectivity index (χ1) is 12.7. The van der Waals surface area contributed by atoms with E-state index in [4.69, 9.17) is 4.52 Å². The molecule has 1 aromatic carbocycles. The van der Waals surface area contributed by atoms with Gasteiger partial charge >= 0.3 is 0 Å². The van der Waals surface area contributed by atoms with E-state index in [1.807, 2.05) is 31.2 Å². The van der Waals surface area contributed by atoms with Gasteiger partial charge in [0.25, 0.3) is 5.89 Å². The van der Waals surface area contributed by atoms with E-state index in [0.717, 1.165) is 34.4 Å². The normalized spacial score (nSPS) is 10.6. The number of halogens is 1. The minimum Gasteiger partial charge on any atom is -0.354 e. The number of hydrogen-bond donors (Lipinski definition) is 1. The molecule has 0 unspecified atom stereocenters. The van der Waals surface area contributed by atoms with Crippen molar-refractivity contribution in [2.45, 2.75) is 27.2 Å². The molecule has 0 aliphatic rings. The van der Waals surface area contributed by atoms with Crippen LogP contribution in [0.3, 0.4) is 0 Å². The van der Waals surface area contributed by atoms with Gasteiger partial charge < -0.3 is 9.84 Å². The molecule has 0 saturated heterocycles. The van der Waals surface area contributed by atoms with Gasteiger partial charge in [-0.3, -0.25) is 0 Å². The van der Waals surface area contributed by atoms with Crippen molar-refractivity contribution in [3.05, 3.63) is 59.7 Å². The summed E-state index contributed by atoms with van der Waals surface area (Å²) in [7, 11) is 0. The first-order valence-corrected chi connectivity index (χ1v) is 8.57. The van der Waals surface area contributed by atoms with Crippen molar-refractivity contribution in [1.82, 2.24) is 20.1 Å². The predicted molar refractivity (Wildman–Crippen MR) is 109 cm³/mol.